The van der Waals surface area contributed by atoms with E-state index < -0.39 is 0 Å². The number of hydrogen-bond acceptors (Lipinski definition) is 7. The van der Waals surface area contributed by atoms with E-state index in [1.54, 1.807) is 12.3 Å². The zero-order valence-electron chi connectivity index (χ0n) is 11.4. The Morgan fingerprint density at radius 3 is 2.33 bits per heavy atom. The highest BCUT2D eigenvalue weighted by Gasteiger charge is 2.19. The molecule has 1 aliphatic heterocycles. The van der Waals surface area contributed by atoms with Crippen molar-refractivity contribution in [1.29, 1.82) is 0 Å². The summed E-state index contributed by atoms with van der Waals surface area (Å²) in [6.45, 7) is 3.40. The fourth-order valence-electron chi connectivity index (χ4n) is 2.36. The van der Waals surface area contributed by atoms with Gasteiger partial charge in [-0.25, -0.2) is 9.97 Å². The average molecular weight is 306 g/mol. The van der Waals surface area contributed by atoms with E-state index in [1.165, 1.54) is 0 Å². The van der Waals surface area contributed by atoms with E-state index in [4.69, 9.17) is 23.1 Å². The Labute approximate surface area is 127 Å². The van der Waals surface area contributed by atoms with E-state index in [0.29, 0.717) is 11.0 Å². The van der Waals surface area contributed by atoms with E-state index >= 15 is 0 Å². The monoisotopic (exact) mass is 305 g/mol. The van der Waals surface area contributed by atoms with Crippen molar-refractivity contribution in [1.82, 2.24) is 15.0 Å². The molecule has 0 atom stereocenters. The molecule has 0 aromatic carbocycles. The van der Waals surface area contributed by atoms with Crippen LogP contribution < -0.4 is 21.3 Å². The highest BCUT2D eigenvalue weighted by Crippen LogP contribution is 2.21. The molecule has 0 spiro atoms. The van der Waals surface area contributed by atoms with E-state index in [1.807, 2.05) is 12.1 Å². The van der Waals surface area contributed by atoms with Crippen molar-refractivity contribution >= 4 is 34.9 Å². The van der Waals surface area contributed by atoms with Gasteiger partial charge in [0, 0.05) is 32.2 Å². The molecule has 0 bridgehead atoms. The van der Waals surface area contributed by atoms with Gasteiger partial charge in [0.2, 0.25) is 5.95 Å². The first-order valence-electron chi connectivity index (χ1n) is 6.63. The number of aromatic nitrogens is 3. The molecule has 110 valence electrons. The third-order valence-corrected chi connectivity index (χ3v) is 3.63. The van der Waals surface area contributed by atoms with Crippen LogP contribution in [0.1, 0.15) is 0 Å². The van der Waals surface area contributed by atoms with Gasteiger partial charge in [-0.1, -0.05) is 11.6 Å². The number of nitrogens with two attached hydrogens (primary N) is 2. The van der Waals surface area contributed by atoms with Crippen molar-refractivity contribution in [2.75, 3.05) is 47.4 Å². The predicted molar refractivity (Wildman–Crippen MR) is 84.5 cm³/mol. The number of nitrogens with zero attached hydrogens (tertiary/aromatic N) is 5. The summed E-state index contributed by atoms with van der Waals surface area (Å²) in [6, 6.07) is 5.53. The molecule has 1 saturated heterocycles. The molecule has 21 heavy (non-hydrogen) atoms. The second-order valence-electron chi connectivity index (χ2n) is 4.82. The number of anilines is 4. The van der Waals surface area contributed by atoms with Gasteiger partial charge in [0.15, 0.2) is 0 Å². The first-order valence-corrected chi connectivity index (χ1v) is 7.01. The Kier molecular flexibility index (Phi) is 3.66. The molecule has 8 heteroatoms. The number of rotatable bonds is 2. The van der Waals surface area contributed by atoms with Crippen molar-refractivity contribution in [2.24, 2.45) is 0 Å². The molecule has 0 saturated carbocycles. The minimum Gasteiger partial charge on any atom is -0.384 e. The average Bonchev–Trinajstić information content (AvgIpc) is 2.47. The van der Waals surface area contributed by atoms with Crippen LogP contribution in [0.4, 0.5) is 23.3 Å². The maximum Gasteiger partial charge on any atom is 0.223 e. The lowest BCUT2D eigenvalue weighted by Gasteiger charge is -2.36. The molecule has 0 aliphatic carbocycles. The highest BCUT2D eigenvalue weighted by molar-refractivity contribution is 6.29. The third kappa shape index (κ3) is 3.08. The van der Waals surface area contributed by atoms with Crippen LogP contribution in [0.25, 0.3) is 0 Å². The molecule has 0 amide bonds. The Hall–Kier alpha value is -2.28. The minimum atomic E-state index is 0.197. The van der Waals surface area contributed by atoms with Crippen LogP contribution in [0, 0.1) is 0 Å². The lowest BCUT2D eigenvalue weighted by atomic mass is 10.2. The van der Waals surface area contributed by atoms with Crippen molar-refractivity contribution in [3.8, 4) is 0 Å². The zero-order chi connectivity index (χ0) is 14.8. The molecule has 3 heterocycles. The van der Waals surface area contributed by atoms with Crippen LogP contribution in [-0.2, 0) is 0 Å². The van der Waals surface area contributed by atoms with Gasteiger partial charge < -0.3 is 21.3 Å². The van der Waals surface area contributed by atoms with Crippen LogP contribution in [-0.4, -0.2) is 41.1 Å². The van der Waals surface area contributed by atoms with Gasteiger partial charge in [-0.2, -0.15) is 4.98 Å². The molecule has 0 radical (unpaired) electrons. The van der Waals surface area contributed by atoms with Crippen LogP contribution in [0.2, 0.25) is 5.15 Å². The topological polar surface area (TPSA) is 97.2 Å². The van der Waals surface area contributed by atoms with Gasteiger partial charge in [0.25, 0.3) is 0 Å². The molecule has 1 aliphatic rings. The van der Waals surface area contributed by atoms with Crippen molar-refractivity contribution in [3.63, 3.8) is 0 Å². The molecule has 1 fully saturated rings. The summed E-state index contributed by atoms with van der Waals surface area (Å²) >= 11 is 5.92. The Morgan fingerprint density at radius 2 is 1.71 bits per heavy atom. The lowest BCUT2D eigenvalue weighted by Crippen LogP contribution is -2.47. The van der Waals surface area contributed by atoms with Crippen LogP contribution >= 0.6 is 11.6 Å². The summed E-state index contributed by atoms with van der Waals surface area (Å²) in [4.78, 5) is 16.6. The van der Waals surface area contributed by atoms with E-state index in [9.17, 15) is 0 Å². The first kappa shape index (κ1) is 13.7. The molecule has 4 N–H and O–H groups in total. The summed E-state index contributed by atoms with van der Waals surface area (Å²) < 4.78 is 0. The second kappa shape index (κ2) is 5.61. The predicted octanol–water partition coefficient (Wildman–Crippen LogP) is 1.02. The molecule has 0 unspecified atom stereocenters. The summed E-state index contributed by atoms with van der Waals surface area (Å²) in [6.07, 6.45) is 1.80. The van der Waals surface area contributed by atoms with Gasteiger partial charge in [-0.05, 0) is 12.1 Å². The van der Waals surface area contributed by atoms with Gasteiger partial charge >= 0.3 is 0 Å². The summed E-state index contributed by atoms with van der Waals surface area (Å²) in [5.41, 5.74) is 12.3. The molecule has 2 aromatic heterocycles. The summed E-state index contributed by atoms with van der Waals surface area (Å²) in [7, 11) is 0. The number of piperazine rings is 1. The fraction of sp³-hybridized carbons (Fsp3) is 0.308. The van der Waals surface area contributed by atoms with Gasteiger partial charge in [-0.3, -0.25) is 0 Å². The quantitative estimate of drug-likeness (QED) is 0.799. The fourth-order valence-corrected chi connectivity index (χ4v) is 2.55. The van der Waals surface area contributed by atoms with Crippen molar-refractivity contribution in [2.45, 2.75) is 0 Å². The zero-order valence-corrected chi connectivity index (χ0v) is 12.2. The third-order valence-electron chi connectivity index (χ3n) is 3.44. The lowest BCUT2D eigenvalue weighted by molar-refractivity contribution is 0.646. The summed E-state index contributed by atoms with van der Waals surface area (Å²) in [5.74, 6) is 1.49. The van der Waals surface area contributed by atoms with Crippen molar-refractivity contribution < 1.29 is 0 Å². The van der Waals surface area contributed by atoms with Gasteiger partial charge in [0.1, 0.15) is 16.8 Å². The molecule has 3 rings (SSSR count). The van der Waals surface area contributed by atoms with Gasteiger partial charge in [0.05, 0.1) is 11.9 Å². The number of nitrogen functional groups attached to an aromatic ring is 2. The largest absolute Gasteiger partial charge is 0.384 e. The first-order chi connectivity index (χ1) is 10.1. The second-order valence-corrected chi connectivity index (χ2v) is 5.21. The molecule has 2 aromatic rings. The van der Waals surface area contributed by atoms with Gasteiger partial charge in [-0.15, -0.1) is 0 Å². The standard InChI is InChI=1S/C13H16ClN7/c14-10-7-12(19-13(16)18-10)21-5-3-20(4-6-21)9-1-2-11(15)17-8-9/h1-2,7-8H,3-6H2,(H2,15,17)(H2,16,18,19). The minimum absolute atomic E-state index is 0.197. The SMILES string of the molecule is Nc1ccc(N2CCN(c3cc(Cl)nc(N)n3)CC2)cn1. The van der Waals surface area contributed by atoms with E-state index in [-0.39, 0.29) is 5.95 Å². The summed E-state index contributed by atoms with van der Waals surface area (Å²) in [5, 5.41) is 0.364. The molecular weight excluding hydrogens is 290 g/mol. The smallest absolute Gasteiger partial charge is 0.223 e. The number of halogens is 1. The normalized spacial score (nSPS) is 15.3. The number of pyridine rings is 1. The van der Waals surface area contributed by atoms with E-state index in [2.05, 4.69) is 24.8 Å². The highest BCUT2D eigenvalue weighted by atomic mass is 35.5. The maximum absolute atomic E-state index is 5.92. The molecular formula is C13H16ClN7. The Morgan fingerprint density at radius 1 is 1.00 bits per heavy atom. The van der Waals surface area contributed by atoms with E-state index in [0.717, 1.165) is 37.7 Å². The Balaban J connectivity index is 1.68. The van der Waals surface area contributed by atoms with Crippen LogP contribution in [0.5, 0.6) is 0 Å². The molecule has 7 nitrogen and oxygen atoms in total. The van der Waals surface area contributed by atoms with Crippen molar-refractivity contribution in [3.05, 3.63) is 29.5 Å². The maximum atomic E-state index is 5.92. The number of hydrogen-bond donors (Lipinski definition) is 2. The Bertz CT molecular complexity index is 603. The van der Waals surface area contributed by atoms with Crippen LogP contribution in [0.3, 0.4) is 0 Å². The van der Waals surface area contributed by atoms with Crippen LogP contribution in [0.15, 0.2) is 24.4 Å².